The van der Waals surface area contributed by atoms with Crippen LogP contribution < -0.4 is 9.47 Å². The first-order valence-corrected chi connectivity index (χ1v) is 7.51. The number of nitrogens with zero attached hydrogens (tertiary/aromatic N) is 1. The molecule has 2 aromatic carbocycles. The molecule has 0 aromatic heterocycles. The summed E-state index contributed by atoms with van der Waals surface area (Å²) < 4.78 is 10.6. The third kappa shape index (κ3) is 3.06. The quantitative estimate of drug-likeness (QED) is 0.848. The van der Waals surface area contributed by atoms with Crippen LogP contribution in [0.5, 0.6) is 11.5 Å². The average Bonchev–Trinajstić information content (AvgIpc) is 3.02. The maximum Gasteiger partial charge on any atom is 0.254 e. The fraction of sp³-hybridized carbons (Fsp3) is 0.278. The lowest BCUT2D eigenvalue weighted by Crippen LogP contribution is -2.31. The Bertz CT molecular complexity index is 655. The Labute approximate surface area is 130 Å². The van der Waals surface area contributed by atoms with Gasteiger partial charge in [0.1, 0.15) is 0 Å². The Balaban J connectivity index is 1.80. The van der Waals surface area contributed by atoms with E-state index in [9.17, 15) is 4.79 Å². The molecule has 0 saturated heterocycles. The highest BCUT2D eigenvalue weighted by Gasteiger charge is 2.20. The number of rotatable bonds is 5. The van der Waals surface area contributed by atoms with Crippen molar-refractivity contribution in [3.63, 3.8) is 0 Å². The summed E-state index contributed by atoms with van der Waals surface area (Å²) in [6.07, 6.45) is 0.920. The predicted octanol–water partition coefficient (Wildman–Crippen LogP) is 3.47. The van der Waals surface area contributed by atoms with Gasteiger partial charge in [0.25, 0.3) is 5.91 Å². The summed E-state index contributed by atoms with van der Waals surface area (Å²) in [5.41, 5.74) is 1.76. The molecule has 1 aliphatic rings. The summed E-state index contributed by atoms with van der Waals surface area (Å²) in [7, 11) is 0. The van der Waals surface area contributed by atoms with Crippen LogP contribution in [-0.4, -0.2) is 24.1 Å². The highest BCUT2D eigenvalue weighted by Crippen LogP contribution is 2.32. The summed E-state index contributed by atoms with van der Waals surface area (Å²) in [5, 5.41) is 0. The van der Waals surface area contributed by atoms with Crippen LogP contribution in [0.3, 0.4) is 0 Å². The summed E-state index contributed by atoms with van der Waals surface area (Å²) in [6.45, 7) is 3.63. The van der Waals surface area contributed by atoms with Crippen LogP contribution in [0.25, 0.3) is 0 Å². The maximum absolute atomic E-state index is 12.8. The molecule has 1 heterocycles. The lowest BCUT2D eigenvalue weighted by atomic mass is 10.1. The number of carbonyl (C=O) groups is 1. The van der Waals surface area contributed by atoms with E-state index in [-0.39, 0.29) is 12.7 Å². The molecule has 2 aromatic rings. The molecule has 0 spiro atoms. The Kier molecular flexibility index (Phi) is 4.28. The third-order valence-electron chi connectivity index (χ3n) is 3.62. The second-order valence-electron chi connectivity index (χ2n) is 5.28. The Morgan fingerprint density at radius 3 is 2.64 bits per heavy atom. The molecule has 1 amide bonds. The van der Waals surface area contributed by atoms with Gasteiger partial charge in [-0.25, -0.2) is 0 Å². The number of hydrogen-bond donors (Lipinski definition) is 0. The molecule has 22 heavy (non-hydrogen) atoms. The van der Waals surface area contributed by atoms with Crippen molar-refractivity contribution in [2.75, 3.05) is 13.3 Å². The van der Waals surface area contributed by atoms with E-state index < -0.39 is 0 Å². The molecule has 0 radical (unpaired) electrons. The van der Waals surface area contributed by atoms with Gasteiger partial charge in [-0.05, 0) is 30.2 Å². The molecule has 0 bridgehead atoms. The standard InChI is InChI=1S/C18H19NO3/c1-2-10-19(12-14-6-4-3-5-7-14)18(20)15-8-9-16-17(11-15)22-13-21-16/h3-9,11H,2,10,12-13H2,1H3. The van der Waals surface area contributed by atoms with Gasteiger partial charge in [0.05, 0.1) is 0 Å². The topological polar surface area (TPSA) is 38.8 Å². The molecular weight excluding hydrogens is 278 g/mol. The van der Waals surface area contributed by atoms with E-state index in [0.717, 1.165) is 18.5 Å². The Hall–Kier alpha value is -2.49. The highest BCUT2D eigenvalue weighted by molar-refractivity contribution is 5.95. The van der Waals surface area contributed by atoms with Gasteiger partial charge in [0.15, 0.2) is 11.5 Å². The first kappa shape index (κ1) is 14.4. The minimum Gasteiger partial charge on any atom is -0.454 e. The zero-order valence-electron chi connectivity index (χ0n) is 12.6. The second kappa shape index (κ2) is 6.52. The van der Waals surface area contributed by atoms with Gasteiger partial charge < -0.3 is 14.4 Å². The van der Waals surface area contributed by atoms with Crippen molar-refractivity contribution in [1.82, 2.24) is 4.90 Å². The van der Waals surface area contributed by atoms with Crippen LogP contribution >= 0.6 is 0 Å². The van der Waals surface area contributed by atoms with Crippen molar-refractivity contribution in [3.8, 4) is 11.5 Å². The van der Waals surface area contributed by atoms with Crippen LogP contribution in [0.4, 0.5) is 0 Å². The molecule has 114 valence electrons. The molecule has 4 heteroatoms. The van der Waals surface area contributed by atoms with Crippen LogP contribution in [0.1, 0.15) is 29.3 Å². The van der Waals surface area contributed by atoms with Crippen LogP contribution in [0.15, 0.2) is 48.5 Å². The maximum atomic E-state index is 12.8. The summed E-state index contributed by atoms with van der Waals surface area (Å²) in [5.74, 6) is 1.35. The molecule has 0 fully saturated rings. The Morgan fingerprint density at radius 1 is 1.09 bits per heavy atom. The van der Waals surface area contributed by atoms with Crippen LogP contribution in [0, 0.1) is 0 Å². The Morgan fingerprint density at radius 2 is 1.86 bits per heavy atom. The fourth-order valence-corrected chi connectivity index (χ4v) is 2.54. The SMILES string of the molecule is CCCN(Cc1ccccc1)C(=O)c1ccc2c(c1)OCO2. The van der Waals surface area contributed by atoms with Crippen molar-refractivity contribution < 1.29 is 14.3 Å². The minimum absolute atomic E-state index is 0.0176. The van der Waals surface area contributed by atoms with Gasteiger partial charge in [-0.2, -0.15) is 0 Å². The molecule has 3 rings (SSSR count). The number of ether oxygens (including phenoxy) is 2. The van der Waals surface area contributed by atoms with Gasteiger partial charge >= 0.3 is 0 Å². The van der Waals surface area contributed by atoms with E-state index in [0.29, 0.717) is 23.6 Å². The van der Waals surface area contributed by atoms with Gasteiger partial charge in [-0.3, -0.25) is 4.79 Å². The monoisotopic (exact) mass is 297 g/mol. The summed E-state index contributed by atoms with van der Waals surface area (Å²) in [4.78, 5) is 14.6. The van der Waals surface area contributed by atoms with E-state index in [1.807, 2.05) is 35.2 Å². The summed E-state index contributed by atoms with van der Waals surface area (Å²) >= 11 is 0. The molecule has 1 aliphatic heterocycles. The normalized spacial score (nSPS) is 12.2. The van der Waals surface area contributed by atoms with Gasteiger partial charge in [0, 0.05) is 18.7 Å². The number of amides is 1. The zero-order chi connectivity index (χ0) is 15.4. The van der Waals surface area contributed by atoms with E-state index in [1.165, 1.54) is 0 Å². The number of carbonyl (C=O) groups excluding carboxylic acids is 1. The second-order valence-corrected chi connectivity index (χ2v) is 5.28. The number of fused-ring (bicyclic) bond motifs is 1. The predicted molar refractivity (Wildman–Crippen MR) is 84.0 cm³/mol. The van der Waals surface area contributed by atoms with Crippen molar-refractivity contribution in [2.24, 2.45) is 0 Å². The fourth-order valence-electron chi connectivity index (χ4n) is 2.54. The highest BCUT2D eigenvalue weighted by atomic mass is 16.7. The average molecular weight is 297 g/mol. The van der Waals surface area contributed by atoms with Crippen molar-refractivity contribution in [1.29, 1.82) is 0 Å². The molecule has 0 aliphatic carbocycles. The largest absolute Gasteiger partial charge is 0.454 e. The van der Waals surface area contributed by atoms with Crippen LogP contribution in [0.2, 0.25) is 0 Å². The van der Waals surface area contributed by atoms with E-state index >= 15 is 0 Å². The first-order valence-electron chi connectivity index (χ1n) is 7.51. The number of hydrogen-bond acceptors (Lipinski definition) is 3. The molecule has 0 N–H and O–H groups in total. The molecule has 0 unspecified atom stereocenters. The van der Waals surface area contributed by atoms with Gasteiger partial charge in [-0.15, -0.1) is 0 Å². The van der Waals surface area contributed by atoms with Crippen molar-refractivity contribution in [3.05, 3.63) is 59.7 Å². The van der Waals surface area contributed by atoms with Crippen LogP contribution in [-0.2, 0) is 6.54 Å². The van der Waals surface area contributed by atoms with Gasteiger partial charge in [0.2, 0.25) is 6.79 Å². The molecule has 0 atom stereocenters. The first-order chi connectivity index (χ1) is 10.8. The number of benzene rings is 2. The molecular formula is C18H19NO3. The van der Waals surface area contributed by atoms with Crippen molar-refractivity contribution >= 4 is 5.91 Å². The minimum atomic E-state index is 0.0176. The van der Waals surface area contributed by atoms with E-state index in [4.69, 9.17) is 9.47 Å². The molecule has 0 saturated carbocycles. The smallest absolute Gasteiger partial charge is 0.254 e. The lowest BCUT2D eigenvalue weighted by Gasteiger charge is -2.22. The lowest BCUT2D eigenvalue weighted by molar-refractivity contribution is 0.0743. The van der Waals surface area contributed by atoms with E-state index in [1.54, 1.807) is 18.2 Å². The zero-order valence-corrected chi connectivity index (χ0v) is 12.6. The van der Waals surface area contributed by atoms with E-state index in [2.05, 4.69) is 6.92 Å². The molecule has 4 nitrogen and oxygen atoms in total. The summed E-state index contributed by atoms with van der Waals surface area (Å²) in [6, 6.07) is 15.4. The van der Waals surface area contributed by atoms with Crippen molar-refractivity contribution in [2.45, 2.75) is 19.9 Å². The van der Waals surface area contributed by atoms with Gasteiger partial charge in [-0.1, -0.05) is 37.3 Å². The third-order valence-corrected chi connectivity index (χ3v) is 3.62.